The fraction of sp³-hybridized carbons (Fsp3) is 0.375. The van der Waals surface area contributed by atoms with Gasteiger partial charge in [0.15, 0.2) is 0 Å². The molecule has 0 spiro atoms. The summed E-state index contributed by atoms with van der Waals surface area (Å²) in [6, 6.07) is 7.07. The molecule has 6 heteroatoms. The minimum atomic E-state index is -1.02. The zero-order chi connectivity index (χ0) is 15.7. The molecule has 1 fully saturated rings. The molecule has 1 aromatic rings. The lowest BCUT2D eigenvalue weighted by molar-refractivity contribution is -0.145. The van der Waals surface area contributed by atoms with Gasteiger partial charge in [-0.2, -0.15) is 0 Å². The molecule has 2 bridgehead atoms. The van der Waals surface area contributed by atoms with Crippen molar-refractivity contribution in [1.29, 1.82) is 0 Å². The number of carbonyl (C=O) groups excluding carboxylic acids is 1. The quantitative estimate of drug-likeness (QED) is 0.808. The third-order valence-electron chi connectivity index (χ3n) is 3.93. The fourth-order valence-corrected chi connectivity index (χ4v) is 2.98. The topological polar surface area (TPSA) is 84.9 Å². The summed E-state index contributed by atoms with van der Waals surface area (Å²) in [5.74, 6) is -2.41. The number of rotatable bonds is 5. The van der Waals surface area contributed by atoms with Crippen molar-refractivity contribution >= 4 is 17.6 Å². The molecule has 2 heterocycles. The molecule has 1 saturated heterocycles. The molecule has 2 N–H and O–H groups in total. The third kappa shape index (κ3) is 2.46. The van der Waals surface area contributed by atoms with E-state index in [0.717, 1.165) is 0 Å². The number of anilines is 1. The summed E-state index contributed by atoms with van der Waals surface area (Å²) in [4.78, 5) is 23.9. The second kappa shape index (κ2) is 5.81. The van der Waals surface area contributed by atoms with Gasteiger partial charge in [-0.3, -0.25) is 9.59 Å². The van der Waals surface area contributed by atoms with Gasteiger partial charge in [-0.25, -0.2) is 0 Å². The predicted octanol–water partition coefficient (Wildman–Crippen LogP) is 1.68. The number of para-hydroxylation sites is 2. The van der Waals surface area contributed by atoms with Crippen LogP contribution in [-0.4, -0.2) is 35.8 Å². The van der Waals surface area contributed by atoms with Crippen LogP contribution in [0.5, 0.6) is 5.75 Å². The van der Waals surface area contributed by atoms with Crippen molar-refractivity contribution in [3.8, 4) is 5.75 Å². The number of carbonyl (C=O) groups is 2. The van der Waals surface area contributed by atoms with Crippen LogP contribution in [0.1, 0.15) is 6.92 Å². The zero-order valence-corrected chi connectivity index (χ0v) is 12.1. The number of hydrogen-bond acceptors (Lipinski definition) is 4. The summed E-state index contributed by atoms with van der Waals surface area (Å²) in [6.07, 6.45) is 2.45. The third-order valence-corrected chi connectivity index (χ3v) is 3.93. The van der Waals surface area contributed by atoms with E-state index in [1.54, 1.807) is 30.4 Å². The van der Waals surface area contributed by atoms with E-state index >= 15 is 0 Å². The summed E-state index contributed by atoms with van der Waals surface area (Å²) in [6.45, 7) is 2.33. The number of fused-ring (bicyclic) bond motifs is 2. The van der Waals surface area contributed by atoms with Gasteiger partial charge in [-0.05, 0) is 19.1 Å². The van der Waals surface area contributed by atoms with E-state index < -0.39 is 30.0 Å². The average molecular weight is 303 g/mol. The molecule has 116 valence electrons. The van der Waals surface area contributed by atoms with Gasteiger partial charge in [-0.15, -0.1) is 0 Å². The van der Waals surface area contributed by atoms with Crippen LogP contribution < -0.4 is 10.1 Å². The molecule has 3 rings (SSSR count). The summed E-state index contributed by atoms with van der Waals surface area (Å²) < 4.78 is 11.0. The second-order valence-corrected chi connectivity index (χ2v) is 5.26. The Kier molecular flexibility index (Phi) is 3.85. The summed E-state index contributed by atoms with van der Waals surface area (Å²) >= 11 is 0. The Morgan fingerprint density at radius 1 is 1.23 bits per heavy atom. The first-order valence-electron chi connectivity index (χ1n) is 7.21. The van der Waals surface area contributed by atoms with Crippen molar-refractivity contribution in [2.24, 2.45) is 11.8 Å². The second-order valence-electron chi connectivity index (χ2n) is 5.26. The summed E-state index contributed by atoms with van der Waals surface area (Å²) in [5, 5.41) is 12.1. The normalized spacial score (nSPS) is 28.6. The summed E-state index contributed by atoms with van der Waals surface area (Å²) in [7, 11) is 0. The Bertz CT molecular complexity index is 627. The molecule has 2 aliphatic heterocycles. The van der Waals surface area contributed by atoms with Crippen molar-refractivity contribution in [3.05, 3.63) is 36.4 Å². The molecule has 6 nitrogen and oxygen atoms in total. The Balaban J connectivity index is 1.80. The average Bonchev–Trinajstić information content (AvgIpc) is 3.10. The van der Waals surface area contributed by atoms with E-state index in [1.165, 1.54) is 0 Å². The van der Waals surface area contributed by atoms with Crippen molar-refractivity contribution in [1.82, 2.24) is 0 Å². The molecule has 1 amide bonds. The highest BCUT2D eigenvalue weighted by molar-refractivity contribution is 5.97. The highest BCUT2D eigenvalue weighted by Gasteiger charge is 2.53. The number of benzene rings is 1. The standard InChI is InChI=1S/C16H17NO5/c1-2-21-10-6-4-3-5-9(10)17-15(18)13-11-7-8-12(22-11)14(13)16(19)20/h3-8,11-14H,2H2,1H3,(H,17,18)(H,19,20)/t11-,12+,13+,14+/m1/s1. The first-order chi connectivity index (χ1) is 10.6. The number of hydrogen-bond donors (Lipinski definition) is 2. The number of ether oxygens (including phenoxy) is 2. The van der Waals surface area contributed by atoms with E-state index in [1.807, 2.05) is 13.0 Å². The van der Waals surface area contributed by atoms with E-state index in [4.69, 9.17) is 9.47 Å². The number of carboxylic acid groups (broad SMARTS) is 1. The van der Waals surface area contributed by atoms with E-state index in [-0.39, 0.29) is 5.91 Å². The number of amides is 1. The molecule has 0 aromatic heterocycles. The lowest BCUT2D eigenvalue weighted by Crippen LogP contribution is -2.39. The predicted molar refractivity (Wildman–Crippen MR) is 78.7 cm³/mol. The highest BCUT2D eigenvalue weighted by Crippen LogP contribution is 2.40. The van der Waals surface area contributed by atoms with Crippen LogP contribution in [0, 0.1) is 11.8 Å². The molecule has 22 heavy (non-hydrogen) atoms. The SMILES string of the molecule is CCOc1ccccc1NC(=O)[C@@H]1[C@@H](C(=O)O)[C@@H]2C=C[C@H]1O2. The Morgan fingerprint density at radius 3 is 2.59 bits per heavy atom. The Labute approximate surface area is 127 Å². The zero-order valence-electron chi connectivity index (χ0n) is 12.1. The maximum atomic E-state index is 12.5. The van der Waals surface area contributed by atoms with Gasteiger partial charge in [0.2, 0.25) is 5.91 Å². The van der Waals surface area contributed by atoms with Gasteiger partial charge in [-0.1, -0.05) is 24.3 Å². The minimum absolute atomic E-state index is 0.364. The first kappa shape index (κ1) is 14.6. The van der Waals surface area contributed by atoms with Gasteiger partial charge in [0, 0.05) is 0 Å². The van der Waals surface area contributed by atoms with Gasteiger partial charge in [0.25, 0.3) is 0 Å². The number of aliphatic carboxylic acids is 1. The van der Waals surface area contributed by atoms with Crippen LogP contribution in [0.3, 0.4) is 0 Å². The van der Waals surface area contributed by atoms with Gasteiger partial charge in [0.1, 0.15) is 11.7 Å². The highest BCUT2D eigenvalue weighted by atomic mass is 16.5. The van der Waals surface area contributed by atoms with Crippen LogP contribution in [-0.2, 0) is 14.3 Å². The van der Waals surface area contributed by atoms with Crippen molar-refractivity contribution in [3.63, 3.8) is 0 Å². The Hall–Kier alpha value is -2.34. The van der Waals surface area contributed by atoms with Crippen LogP contribution >= 0.6 is 0 Å². The molecule has 0 saturated carbocycles. The molecular weight excluding hydrogens is 286 g/mol. The molecule has 4 atom stereocenters. The molecule has 2 aliphatic rings. The van der Waals surface area contributed by atoms with E-state index in [9.17, 15) is 14.7 Å². The monoisotopic (exact) mass is 303 g/mol. The lowest BCUT2D eigenvalue weighted by Gasteiger charge is -2.21. The number of nitrogens with one attached hydrogen (secondary N) is 1. The van der Waals surface area contributed by atoms with Gasteiger partial charge >= 0.3 is 5.97 Å². The maximum Gasteiger partial charge on any atom is 0.310 e. The van der Waals surface area contributed by atoms with Crippen LogP contribution in [0.2, 0.25) is 0 Å². The Morgan fingerprint density at radius 2 is 1.91 bits per heavy atom. The fourth-order valence-electron chi connectivity index (χ4n) is 2.98. The molecule has 0 radical (unpaired) electrons. The number of carboxylic acids is 1. The molecule has 0 unspecified atom stereocenters. The van der Waals surface area contributed by atoms with Crippen LogP contribution in [0.25, 0.3) is 0 Å². The van der Waals surface area contributed by atoms with E-state index in [0.29, 0.717) is 18.0 Å². The minimum Gasteiger partial charge on any atom is -0.492 e. The smallest absolute Gasteiger partial charge is 0.310 e. The molecule has 0 aliphatic carbocycles. The molecule has 1 aromatic carbocycles. The van der Waals surface area contributed by atoms with Gasteiger partial charge in [0.05, 0.1) is 30.4 Å². The van der Waals surface area contributed by atoms with Crippen molar-refractivity contribution in [2.45, 2.75) is 19.1 Å². The van der Waals surface area contributed by atoms with Crippen molar-refractivity contribution in [2.75, 3.05) is 11.9 Å². The molecular formula is C16H17NO5. The van der Waals surface area contributed by atoms with Crippen molar-refractivity contribution < 1.29 is 24.2 Å². The summed E-state index contributed by atoms with van der Waals surface area (Å²) in [5.41, 5.74) is 0.533. The first-order valence-corrected chi connectivity index (χ1v) is 7.21. The largest absolute Gasteiger partial charge is 0.492 e. The lowest BCUT2D eigenvalue weighted by atomic mass is 9.82. The maximum absolute atomic E-state index is 12.5. The van der Waals surface area contributed by atoms with Crippen LogP contribution in [0.15, 0.2) is 36.4 Å². The van der Waals surface area contributed by atoms with Gasteiger partial charge < -0.3 is 19.9 Å². The van der Waals surface area contributed by atoms with Crippen LogP contribution in [0.4, 0.5) is 5.69 Å². The van der Waals surface area contributed by atoms with E-state index in [2.05, 4.69) is 5.32 Å².